The van der Waals surface area contributed by atoms with Gasteiger partial charge in [-0.2, -0.15) is 0 Å². The van der Waals surface area contributed by atoms with Crippen LogP contribution in [0.15, 0.2) is 0 Å². The average Bonchev–Trinajstić information content (AvgIpc) is 2.16. The van der Waals surface area contributed by atoms with Crippen molar-refractivity contribution in [3.63, 3.8) is 0 Å². The quantitative estimate of drug-likeness (QED) is 0.551. The zero-order valence-electron chi connectivity index (χ0n) is 9.24. The highest BCUT2D eigenvalue weighted by molar-refractivity contribution is 5.75. The maximum Gasteiger partial charge on any atom is 0.310 e. The summed E-state index contributed by atoms with van der Waals surface area (Å²) < 4.78 is 4.61. The van der Waals surface area contributed by atoms with E-state index < -0.39 is 23.3 Å². The number of hydrogen-bond acceptors (Lipinski definition) is 3. The van der Waals surface area contributed by atoms with Crippen molar-refractivity contribution >= 4 is 11.9 Å². The Morgan fingerprint density at radius 3 is 2.40 bits per heavy atom. The van der Waals surface area contributed by atoms with Crippen LogP contribution in [0.25, 0.3) is 0 Å². The Labute approximate surface area is 89.6 Å². The first-order valence-corrected chi connectivity index (χ1v) is 4.62. The minimum atomic E-state index is -0.947. The SMILES string of the molecule is C#CC(C)(C)C(CCC(=O)O)C(=O)OC. The molecule has 0 saturated carbocycles. The second kappa shape index (κ2) is 5.40. The molecule has 1 unspecified atom stereocenters. The number of hydrogen-bond donors (Lipinski definition) is 1. The molecule has 0 fully saturated rings. The van der Waals surface area contributed by atoms with Gasteiger partial charge in [-0.25, -0.2) is 0 Å². The molecular weight excluding hydrogens is 196 g/mol. The summed E-state index contributed by atoms with van der Waals surface area (Å²) in [5.41, 5.74) is -0.692. The maximum atomic E-state index is 11.4. The van der Waals surface area contributed by atoms with Crippen LogP contribution in [0.4, 0.5) is 0 Å². The van der Waals surface area contributed by atoms with Crippen molar-refractivity contribution in [3.8, 4) is 12.3 Å². The Morgan fingerprint density at radius 1 is 1.53 bits per heavy atom. The summed E-state index contributed by atoms with van der Waals surface area (Å²) in [5.74, 6) is 0.500. The van der Waals surface area contributed by atoms with E-state index in [0.717, 1.165) is 0 Å². The lowest BCUT2D eigenvalue weighted by atomic mass is 9.77. The van der Waals surface area contributed by atoms with Crippen molar-refractivity contribution < 1.29 is 19.4 Å². The van der Waals surface area contributed by atoms with Crippen LogP contribution in [-0.4, -0.2) is 24.2 Å². The molecule has 0 aliphatic rings. The molecule has 84 valence electrons. The molecule has 0 radical (unpaired) electrons. The maximum absolute atomic E-state index is 11.4. The third-order valence-corrected chi connectivity index (χ3v) is 2.38. The van der Waals surface area contributed by atoms with Crippen molar-refractivity contribution in [1.29, 1.82) is 0 Å². The van der Waals surface area contributed by atoms with Crippen molar-refractivity contribution in [2.24, 2.45) is 11.3 Å². The molecule has 0 aliphatic heterocycles. The number of rotatable bonds is 5. The summed E-state index contributed by atoms with van der Waals surface area (Å²) in [6.45, 7) is 3.44. The normalized spacial score (nSPS) is 12.7. The predicted octanol–water partition coefficient (Wildman–Crippen LogP) is 1.30. The number of aliphatic carboxylic acids is 1. The van der Waals surface area contributed by atoms with Crippen LogP contribution < -0.4 is 0 Å². The molecule has 1 atom stereocenters. The van der Waals surface area contributed by atoms with Gasteiger partial charge >= 0.3 is 11.9 Å². The molecule has 0 heterocycles. The van der Waals surface area contributed by atoms with Gasteiger partial charge in [-0.05, 0) is 20.3 Å². The Kier molecular flexibility index (Phi) is 4.86. The fraction of sp³-hybridized carbons (Fsp3) is 0.636. The van der Waals surface area contributed by atoms with Gasteiger partial charge < -0.3 is 9.84 Å². The van der Waals surface area contributed by atoms with Gasteiger partial charge in [-0.3, -0.25) is 9.59 Å². The van der Waals surface area contributed by atoms with E-state index in [1.54, 1.807) is 13.8 Å². The van der Waals surface area contributed by atoms with E-state index in [1.807, 2.05) is 0 Å². The average molecular weight is 212 g/mol. The van der Waals surface area contributed by atoms with Gasteiger partial charge in [0.15, 0.2) is 0 Å². The molecule has 0 aromatic rings. The van der Waals surface area contributed by atoms with Gasteiger partial charge in [-0.15, -0.1) is 6.42 Å². The monoisotopic (exact) mass is 212 g/mol. The first-order valence-electron chi connectivity index (χ1n) is 4.62. The standard InChI is InChI=1S/C11H16O4/c1-5-11(2,3)8(10(14)15-4)6-7-9(12)13/h1,8H,6-7H2,2-4H3,(H,12,13). The fourth-order valence-corrected chi connectivity index (χ4v) is 1.28. The summed E-state index contributed by atoms with van der Waals surface area (Å²) >= 11 is 0. The van der Waals surface area contributed by atoms with Crippen LogP contribution in [-0.2, 0) is 14.3 Å². The van der Waals surface area contributed by atoms with Crippen molar-refractivity contribution in [1.82, 2.24) is 0 Å². The topological polar surface area (TPSA) is 63.6 Å². The molecule has 0 aromatic heterocycles. The van der Waals surface area contributed by atoms with Crippen LogP contribution >= 0.6 is 0 Å². The number of carboxylic acid groups (broad SMARTS) is 1. The van der Waals surface area contributed by atoms with E-state index in [0.29, 0.717) is 0 Å². The van der Waals surface area contributed by atoms with E-state index >= 15 is 0 Å². The zero-order chi connectivity index (χ0) is 12.1. The van der Waals surface area contributed by atoms with Crippen LogP contribution in [0.1, 0.15) is 26.7 Å². The summed E-state index contributed by atoms with van der Waals surface area (Å²) in [6.07, 6.45) is 5.40. The van der Waals surface area contributed by atoms with E-state index in [1.165, 1.54) is 7.11 Å². The molecule has 0 aromatic carbocycles. The summed E-state index contributed by atoms with van der Waals surface area (Å²) in [7, 11) is 1.27. The number of terminal acetylenes is 1. The Hall–Kier alpha value is -1.50. The highest BCUT2D eigenvalue weighted by Crippen LogP contribution is 2.30. The number of esters is 1. The highest BCUT2D eigenvalue weighted by Gasteiger charge is 2.34. The lowest BCUT2D eigenvalue weighted by Gasteiger charge is -2.26. The van der Waals surface area contributed by atoms with E-state index in [2.05, 4.69) is 10.7 Å². The minimum absolute atomic E-state index is 0.0924. The molecule has 4 nitrogen and oxygen atoms in total. The second-order valence-corrected chi connectivity index (χ2v) is 3.87. The van der Waals surface area contributed by atoms with Gasteiger partial charge in [0, 0.05) is 11.8 Å². The Morgan fingerprint density at radius 2 is 2.07 bits per heavy atom. The molecule has 4 heteroatoms. The van der Waals surface area contributed by atoms with Crippen molar-refractivity contribution in [3.05, 3.63) is 0 Å². The number of carbonyl (C=O) groups is 2. The van der Waals surface area contributed by atoms with Gasteiger partial charge in [0.2, 0.25) is 0 Å². The number of ether oxygens (including phenoxy) is 1. The molecule has 0 rings (SSSR count). The first kappa shape index (κ1) is 13.5. The van der Waals surface area contributed by atoms with Gasteiger partial charge in [-0.1, -0.05) is 5.92 Å². The smallest absolute Gasteiger partial charge is 0.310 e. The first-order chi connectivity index (χ1) is 6.85. The molecule has 0 aliphatic carbocycles. The molecule has 0 bridgehead atoms. The minimum Gasteiger partial charge on any atom is -0.481 e. The summed E-state index contributed by atoms with van der Waals surface area (Å²) in [4.78, 5) is 21.8. The van der Waals surface area contributed by atoms with Crippen molar-refractivity contribution in [2.45, 2.75) is 26.7 Å². The van der Waals surface area contributed by atoms with E-state index in [9.17, 15) is 9.59 Å². The summed E-state index contributed by atoms with van der Waals surface area (Å²) in [6, 6.07) is 0. The van der Waals surface area contributed by atoms with E-state index in [4.69, 9.17) is 11.5 Å². The third kappa shape index (κ3) is 4.03. The lowest BCUT2D eigenvalue weighted by molar-refractivity contribution is -0.149. The van der Waals surface area contributed by atoms with Gasteiger partial charge in [0.1, 0.15) is 0 Å². The molecular formula is C11H16O4. The largest absolute Gasteiger partial charge is 0.481 e. The molecule has 0 saturated heterocycles. The zero-order valence-corrected chi connectivity index (χ0v) is 9.24. The fourth-order valence-electron chi connectivity index (χ4n) is 1.28. The van der Waals surface area contributed by atoms with Gasteiger partial charge in [0.05, 0.1) is 13.0 Å². The van der Waals surface area contributed by atoms with E-state index in [-0.39, 0.29) is 12.8 Å². The van der Waals surface area contributed by atoms with Gasteiger partial charge in [0.25, 0.3) is 0 Å². The molecule has 0 spiro atoms. The van der Waals surface area contributed by atoms with Crippen LogP contribution in [0.2, 0.25) is 0 Å². The summed E-state index contributed by atoms with van der Waals surface area (Å²) in [5, 5.41) is 8.55. The van der Waals surface area contributed by atoms with Crippen LogP contribution in [0, 0.1) is 23.7 Å². The Bertz CT molecular complexity index is 285. The van der Waals surface area contributed by atoms with Crippen LogP contribution in [0.5, 0.6) is 0 Å². The predicted molar refractivity (Wildman–Crippen MR) is 55.0 cm³/mol. The highest BCUT2D eigenvalue weighted by atomic mass is 16.5. The third-order valence-electron chi connectivity index (χ3n) is 2.38. The lowest BCUT2D eigenvalue weighted by Crippen LogP contribution is -2.31. The number of carboxylic acids is 1. The molecule has 15 heavy (non-hydrogen) atoms. The van der Waals surface area contributed by atoms with Crippen molar-refractivity contribution in [2.75, 3.05) is 7.11 Å². The Balaban J connectivity index is 4.68. The van der Waals surface area contributed by atoms with Crippen LogP contribution in [0.3, 0.4) is 0 Å². The molecule has 0 amide bonds. The number of carbonyl (C=O) groups excluding carboxylic acids is 1. The second-order valence-electron chi connectivity index (χ2n) is 3.87. The number of methoxy groups -OCH3 is 1. The molecule has 1 N–H and O–H groups in total.